The molecule has 0 aromatic heterocycles. The van der Waals surface area contributed by atoms with Gasteiger partial charge < -0.3 is 25.2 Å². The maximum atomic E-state index is 12.9. The standard InChI is InChI=1S/C27H30N2O6/c30-24(29-27(25(31)32)12-13-34-16-27)18-11-5-6-17(18)14-28-26(33)35-15-23-21-9-3-1-7-19(21)20-8-2-4-10-22(20)23/h1-4,7-10,17-18,23H,5-6,11-16H2,(H,28,33)(H,29,30)(H,31,32)/t17-,18-,27?/m0/s1. The van der Waals surface area contributed by atoms with Crippen molar-refractivity contribution in [2.24, 2.45) is 11.8 Å². The number of nitrogens with one attached hydrogen (secondary N) is 2. The summed E-state index contributed by atoms with van der Waals surface area (Å²) in [7, 11) is 0. The molecule has 3 aliphatic rings. The second-order valence-electron chi connectivity index (χ2n) is 9.68. The summed E-state index contributed by atoms with van der Waals surface area (Å²) in [6, 6.07) is 16.3. The summed E-state index contributed by atoms with van der Waals surface area (Å²) in [6.45, 7) is 0.828. The summed E-state index contributed by atoms with van der Waals surface area (Å²) in [5, 5.41) is 15.2. The maximum absolute atomic E-state index is 12.9. The van der Waals surface area contributed by atoms with E-state index in [0.717, 1.165) is 24.0 Å². The van der Waals surface area contributed by atoms with Crippen molar-refractivity contribution in [1.29, 1.82) is 0 Å². The molecule has 2 aliphatic carbocycles. The second kappa shape index (κ2) is 9.70. The third-order valence-electron chi connectivity index (χ3n) is 7.64. The molecule has 1 saturated carbocycles. The molecule has 8 nitrogen and oxygen atoms in total. The van der Waals surface area contributed by atoms with Crippen LogP contribution in [-0.2, 0) is 19.1 Å². The number of benzene rings is 2. The van der Waals surface area contributed by atoms with E-state index in [1.807, 2.05) is 24.3 Å². The van der Waals surface area contributed by atoms with Crippen molar-refractivity contribution in [3.8, 4) is 11.1 Å². The molecule has 2 aromatic rings. The van der Waals surface area contributed by atoms with Crippen LogP contribution in [0.2, 0.25) is 0 Å². The van der Waals surface area contributed by atoms with Gasteiger partial charge in [-0.3, -0.25) is 4.79 Å². The van der Waals surface area contributed by atoms with E-state index in [-0.39, 0.29) is 43.3 Å². The minimum Gasteiger partial charge on any atom is -0.479 e. The summed E-state index contributed by atoms with van der Waals surface area (Å²) in [4.78, 5) is 37.2. The molecule has 3 N–H and O–H groups in total. The Hall–Kier alpha value is -3.39. The van der Waals surface area contributed by atoms with Crippen LogP contribution in [-0.4, -0.2) is 55.0 Å². The number of aliphatic carboxylic acids is 1. The van der Waals surface area contributed by atoms with Crippen LogP contribution in [0, 0.1) is 11.8 Å². The first-order valence-electron chi connectivity index (χ1n) is 12.2. The fourth-order valence-electron chi connectivity index (χ4n) is 5.70. The molecule has 0 radical (unpaired) electrons. The fourth-order valence-corrected chi connectivity index (χ4v) is 5.70. The lowest BCUT2D eigenvalue weighted by Gasteiger charge is -2.27. The molecule has 2 fully saturated rings. The molecule has 1 unspecified atom stereocenters. The molecule has 3 atom stereocenters. The average Bonchev–Trinajstić information content (AvgIpc) is 3.60. The van der Waals surface area contributed by atoms with Crippen LogP contribution in [0.15, 0.2) is 48.5 Å². The smallest absolute Gasteiger partial charge is 0.407 e. The number of rotatable bonds is 7. The summed E-state index contributed by atoms with van der Waals surface area (Å²) >= 11 is 0. The Bertz CT molecular complexity index is 1080. The summed E-state index contributed by atoms with van der Waals surface area (Å²) in [5.41, 5.74) is 3.28. The number of hydrogen-bond donors (Lipinski definition) is 3. The van der Waals surface area contributed by atoms with Gasteiger partial charge in [-0.2, -0.15) is 0 Å². The first-order chi connectivity index (χ1) is 17.0. The first-order valence-corrected chi connectivity index (χ1v) is 12.2. The van der Waals surface area contributed by atoms with Crippen LogP contribution in [0.4, 0.5) is 4.79 Å². The number of carboxylic acid groups (broad SMARTS) is 1. The van der Waals surface area contributed by atoms with Gasteiger partial charge in [0.15, 0.2) is 5.54 Å². The Kier molecular flexibility index (Phi) is 6.47. The molecule has 1 heterocycles. The maximum Gasteiger partial charge on any atom is 0.407 e. The number of carbonyl (C=O) groups excluding carboxylic acids is 2. The molecule has 35 heavy (non-hydrogen) atoms. The van der Waals surface area contributed by atoms with Gasteiger partial charge >= 0.3 is 12.1 Å². The van der Waals surface area contributed by atoms with Gasteiger partial charge in [-0.05, 0) is 41.0 Å². The van der Waals surface area contributed by atoms with Gasteiger partial charge in [0.2, 0.25) is 5.91 Å². The molecule has 0 spiro atoms. The Morgan fingerprint density at radius 2 is 1.71 bits per heavy atom. The highest BCUT2D eigenvalue weighted by Crippen LogP contribution is 2.44. The van der Waals surface area contributed by atoms with E-state index in [2.05, 4.69) is 34.9 Å². The number of hydrogen-bond acceptors (Lipinski definition) is 5. The van der Waals surface area contributed by atoms with E-state index in [9.17, 15) is 19.5 Å². The molecule has 5 rings (SSSR count). The van der Waals surface area contributed by atoms with E-state index in [1.165, 1.54) is 11.1 Å². The van der Waals surface area contributed by atoms with Crippen LogP contribution in [0.3, 0.4) is 0 Å². The fraction of sp³-hybridized carbons (Fsp3) is 0.444. The third kappa shape index (κ3) is 4.50. The molecule has 2 aromatic carbocycles. The third-order valence-corrected chi connectivity index (χ3v) is 7.64. The van der Waals surface area contributed by atoms with Crippen LogP contribution in [0.5, 0.6) is 0 Å². The normalized spacial score (nSPS) is 25.0. The molecular formula is C27H30N2O6. The van der Waals surface area contributed by atoms with E-state index in [1.54, 1.807) is 0 Å². The van der Waals surface area contributed by atoms with Gasteiger partial charge in [0.05, 0.1) is 6.61 Å². The Morgan fingerprint density at radius 1 is 1.03 bits per heavy atom. The highest BCUT2D eigenvalue weighted by atomic mass is 16.5. The van der Waals surface area contributed by atoms with Crippen molar-refractivity contribution >= 4 is 18.0 Å². The SMILES string of the molecule is O=C(NC[C@@H]1CCC[C@@H]1C(=O)NC1(C(=O)O)CCOC1)OCC1c2ccccc2-c2ccccc21. The molecule has 184 valence electrons. The van der Waals surface area contributed by atoms with Gasteiger partial charge in [0, 0.05) is 31.4 Å². The summed E-state index contributed by atoms with van der Waals surface area (Å²) < 4.78 is 10.8. The van der Waals surface area contributed by atoms with E-state index >= 15 is 0 Å². The van der Waals surface area contributed by atoms with E-state index < -0.39 is 17.6 Å². The summed E-state index contributed by atoms with van der Waals surface area (Å²) in [5.74, 6) is -1.78. The molecule has 1 saturated heterocycles. The Labute approximate surface area is 204 Å². The Balaban J connectivity index is 1.16. The zero-order valence-electron chi connectivity index (χ0n) is 19.5. The Morgan fingerprint density at radius 3 is 2.34 bits per heavy atom. The molecular weight excluding hydrogens is 448 g/mol. The predicted octanol–water partition coefficient (Wildman–Crippen LogP) is 3.30. The lowest BCUT2D eigenvalue weighted by atomic mass is 9.92. The second-order valence-corrected chi connectivity index (χ2v) is 9.68. The van der Waals surface area contributed by atoms with Gasteiger partial charge in [0.1, 0.15) is 6.61 Å². The van der Waals surface area contributed by atoms with Gasteiger partial charge in [0.25, 0.3) is 0 Å². The van der Waals surface area contributed by atoms with Gasteiger partial charge in [-0.15, -0.1) is 0 Å². The topological polar surface area (TPSA) is 114 Å². The number of ether oxygens (including phenoxy) is 2. The van der Waals surface area contributed by atoms with Crippen LogP contribution in [0.25, 0.3) is 11.1 Å². The minimum atomic E-state index is -1.36. The van der Waals surface area contributed by atoms with Crippen molar-refractivity contribution in [2.45, 2.75) is 37.1 Å². The largest absolute Gasteiger partial charge is 0.479 e. The first kappa shape index (κ1) is 23.4. The van der Waals surface area contributed by atoms with Crippen LogP contribution < -0.4 is 10.6 Å². The zero-order valence-corrected chi connectivity index (χ0v) is 19.5. The monoisotopic (exact) mass is 478 g/mol. The average molecular weight is 479 g/mol. The van der Waals surface area contributed by atoms with Crippen molar-refractivity contribution in [3.05, 3.63) is 59.7 Å². The number of fused-ring (bicyclic) bond motifs is 3. The highest BCUT2D eigenvalue weighted by Gasteiger charge is 2.46. The van der Waals surface area contributed by atoms with Gasteiger partial charge in [-0.25, -0.2) is 9.59 Å². The number of amides is 2. The number of carboxylic acids is 1. The van der Waals surface area contributed by atoms with Crippen molar-refractivity contribution in [3.63, 3.8) is 0 Å². The van der Waals surface area contributed by atoms with Crippen LogP contribution >= 0.6 is 0 Å². The van der Waals surface area contributed by atoms with E-state index in [4.69, 9.17) is 9.47 Å². The lowest BCUT2D eigenvalue weighted by Crippen LogP contribution is -2.57. The van der Waals surface area contributed by atoms with Crippen molar-refractivity contribution in [1.82, 2.24) is 10.6 Å². The molecule has 2 amide bonds. The molecule has 8 heteroatoms. The predicted molar refractivity (Wildman–Crippen MR) is 128 cm³/mol. The summed E-state index contributed by atoms with van der Waals surface area (Å²) in [6.07, 6.45) is 2.05. The minimum absolute atomic E-state index is 0.0148. The molecule has 1 aliphatic heterocycles. The number of carbonyl (C=O) groups is 3. The number of alkyl carbamates (subject to hydrolysis) is 1. The van der Waals surface area contributed by atoms with Crippen molar-refractivity contribution in [2.75, 3.05) is 26.4 Å². The zero-order chi connectivity index (χ0) is 24.4. The quantitative estimate of drug-likeness (QED) is 0.563. The molecule has 0 bridgehead atoms. The lowest BCUT2D eigenvalue weighted by molar-refractivity contribution is -0.148. The van der Waals surface area contributed by atoms with Crippen LogP contribution in [0.1, 0.15) is 42.7 Å². The highest BCUT2D eigenvalue weighted by molar-refractivity contribution is 5.89. The van der Waals surface area contributed by atoms with Gasteiger partial charge in [-0.1, -0.05) is 55.0 Å². The van der Waals surface area contributed by atoms with E-state index in [0.29, 0.717) is 19.6 Å². The van der Waals surface area contributed by atoms with Crippen molar-refractivity contribution < 1.29 is 29.0 Å².